The second kappa shape index (κ2) is 2.16. The normalized spacial score (nSPS) is 24.0. The Labute approximate surface area is 37.9 Å². The number of rotatable bonds is 0. The number of hydrogen-bond acceptors (Lipinski definition) is 2. The summed E-state index contributed by atoms with van der Waals surface area (Å²) in [6.07, 6.45) is 2.29. The molecule has 0 bridgehead atoms. The van der Waals surface area contributed by atoms with Crippen LogP contribution in [-0.4, -0.2) is 0 Å². The van der Waals surface area contributed by atoms with Gasteiger partial charge in [-0.1, -0.05) is 0 Å². The van der Waals surface area contributed by atoms with Crippen LogP contribution in [0, 0.1) is 13.1 Å². The van der Waals surface area contributed by atoms with Crippen molar-refractivity contribution in [2.45, 2.75) is 12.8 Å². The zero-order chi connectivity index (χ0) is 4.24. The van der Waals surface area contributed by atoms with Crippen molar-refractivity contribution in [3.63, 3.8) is 0 Å². The molecule has 1 heterocycles. The summed E-state index contributed by atoms with van der Waals surface area (Å²) in [5.41, 5.74) is 5.71. The van der Waals surface area contributed by atoms with Crippen LogP contribution >= 0.6 is 0 Å². The third-order valence-electron chi connectivity index (χ3n) is 0.743. The van der Waals surface area contributed by atoms with Gasteiger partial charge in [0.2, 0.25) is 0 Å². The van der Waals surface area contributed by atoms with E-state index in [1.165, 1.54) is 0 Å². The Morgan fingerprint density at radius 3 is 1.67 bits per heavy atom. The number of hydrogen-bond donors (Lipinski definition) is 2. The van der Waals surface area contributed by atoms with Crippen LogP contribution < -0.4 is 10.9 Å². The third-order valence-corrected chi connectivity index (χ3v) is 0.743. The lowest BCUT2D eigenvalue weighted by atomic mass is 10.3. The van der Waals surface area contributed by atoms with Crippen molar-refractivity contribution < 1.29 is 0 Å². The standard InChI is InChI=1S/C4H8N2/c1-2-4-6-5-3-1/h3-6H,1-2H2. The fourth-order valence-electron chi connectivity index (χ4n) is 0.429. The Bertz CT molecular complexity index is 21.0. The van der Waals surface area contributed by atoms with Crippen LogP contribution in [-0.2, 0) is 0 Å². The van der Waals surface area contributed by atoms with Gasteiger partial charge in [0.1, 0.15) is 0 Å². The van der Waals surface area contributed by atoms with Crippen molar-refractivity contribution in [3.8, 4) is 0 Å². The highest BCUT2D eigenvalue weighted by Gasteiger charge is 1.93. The second-order valence-corrected chi connectivity index (χ2v) is 1.27. The van der Waals surface area contributed by atoms with Gasteiger partial charge in [0.05, 0.1) is 0 Å². The Hall–Kier alpha value is -0.0800. The van der Waals surface area contributed by atoms with E-state index in [1.54, 1.807) is 0 Å². The fourth-order valence-corrected chi connectivity index (χ4v) is 0.429. The zero-order valence-corrected chi connectivity index (χ0v) is 3.57. The molecule has 0 spiro atoms. The first-order valence-corrected chi connectivity index (χ1v) is 2.14. The minimum atomic E-state index is 1.15. The minimum absolute atomic E-state index is 1.15. The van der Waals surface area contributed by atoms with Gasteiger partial charge < -0.3 is 0 Å². The maximum atomic E-state index is 2.85. The molecule has 0 unspecified atom stereocenters. The van der Waals surface area contributed by atoms with Gasteiger partial charge in [-0.15, -0.1) is 0 Å². The van der Waals surface area contributed by atoms with Gasteiger partial charge in [0.25, 0.3) is 0 Å². The summed E-state index contributed by atoms with van der Waals surface area (Å²) in [5.74, 6) is 0. The Kier molecular flexibility index (Phi) is 1.47. The molecule has 2 radical (unpaired) electrons. The first-order valence-electron chi connectivity index (χ1n) is 2.14. The van der Waals surface area contributed by atoms with Crippen LogP contribution in [0.25, 0.3) is 0 Å². The summed E-state index contributed by atoms with van der Waals surface area (Å²) in [5, 5.41) is 0. The van der Waals surface area contributed by atoms with E-state index in [9.17, 15) is 0 Å². The molecule has 0 atom stereocenters. The molecule has 2 nitrogen and oxygen atoms in total. The summed E-state index contributed by atoms with van der Waals surface area (Å²) in [4.78, 5) is 0. The lowest BCUT2D eigenvalue weighted by molar-refractivity contribution is 0.559. The van der Waals surface area contributed by atoms with Crippen LogP contribution in [0.3, 0.4) is 0 Å². The topological polar surface area (TPSA) is 24.1 Å². The molecule has 0 amide bonds. The van der Waals surface area contributed by atoms with E-state index in [2.05, 4.69) is 10.9 Å². The van der Waals surface area contributed by atoms with Crippen LogP contribution in [0.15, 0.2) is 0 Å². The molecule has 6 heavy (non-hydrogen) atoms. The molecule has 1 fully saturated rings. The highest BCUT2D eigenvalue weighted by atomic mass is 15.4. The molecule has 34 valence electrons. The predicted molar refractivity (Wildman–Crippen MR) is 24.1 cm³/mol. The minimum Gasteiger partial charge on any atom is -0.253 e. The van der Waals surface area contributed by atoms with Gasteiger partial charge in [0, 0.05) is 13.1 Å². The molecular weight excluding hydrogens is 76.1 g/mol. The molecule has 0 aliphatic carbocycles. The molecule has 0 saturated carbocycles. The summed E-state index contributed by atoms with van der Waals surface area (Å²) in [6, 6.07) is 0. The Morgan fingerprint density at radius 2 is 1.50 bits per heavy atom. The molecule has 0 aromatic rings. The Balaban J connectivity index is 2.00. The van der Waals surface area contributed by atoms with Gasteiger partial charge in [-0.3, -0.25) is 10.9 Å². The van der Waals surface area contributed by atoms with Crippen LogP contribution in [0.4, 0.5) is 0 Å². The summed E-state index contributed by atoms with van der Waals surface area (Å²) >= 11 is 0. The molecule has 2 N–H and O–H groups in total. The highest BCUT2D eigenvalue weighted by molar-refractivity contribution is 4.72. The van der Waals surface area contributed by atoms with Gasteiger partial charge in [-0.2, -0.15) is 0 Å². The summed E-state index contributed by atoms with van der Waals surface area (Å²) < 4.78 is 0. The quantitative estimate of drug-likeness (QED) is 0.438. The van der Waals surface area contributed by atoms with Gasteiger partial charge in [-0.05, 0) is 12.8 Å². The van der Waals surface area contributed by atoms with Crippen molar-refractivity contribution in [1.29, 1.82) is 0 Å². The smallest absolute Gasteiger partial charge is 0.0380 e. The van der Waals surface area contributed by atoms with E-state index in [0.29, 0.717) is 0 Å². The maximum absolute atomic E-state index is 2.85. The van der Waals surface area contributed by atoms with Crippen molar-refractivity contribution in [3.05, 3.63) is 13.1 Å². The van der Waals surface area contributed by atoms with Crippen LogP contribution in [0.1, 0.15) is 12.8 Å². The average Bonchev–Trinajstić information content (AvgIpc) is 1.72. The molecular formula is C4H8N2. The van der Waals surface area contributed by atoms with Crippen molar-refractivity contribution in [1.82, 2.24) is 10.9 Å². The summed E-state index contributed by atoms with van der Waals surface area (Å²) in [6.45, 7) is 4.00. The molecule has 1 saturated heterocycles. The number of hydrazine groups is 1. The van der Waals surface area contributed by atoms with Gasteiger partial charge in [0.15, 0.2) is 0 Å². The van der Waals surface area contributed by atoms with E-state index in [1.807, 2.05) is 13.1 Å². The highest BCUT2D eigenvalue weighted by Crippen LogP contribution is 1.94. The van der Waals surface area contributed by atoms with E-state index in [-0.39, 0.29) is 0 Å². The van der Waals surface area contributed by atoms with Crippen molar-refractivity contribution in [2.75, 3.05) is 0 Å². The lowest BCUT2D eigenvalue weighted by Gasteiger charge is -2.09. The molecule has 1 aliphatic rings. The van der Waals surface area contributed by atoms with E-state index in [0.717, 1.165) is 12.8 Å². The van der Waals surface area contributed by atoms with E-state index < -0.39 is 0 Å². The third kappa shape index (κ3) is 0.954. The average molecular weight is 84.1 g/mol. The Morgan fingerprint density at radius 1 is 1.00 bits per heavy atom. The van der Waals surface area contributed by atoms with E-state index >= 15 is 0 Å². The largest absolute Gasteiger partial charge is 0.253 e. The van der Waals surface area contributed by atoms with Crippen LogP contribution in [0.5, 0.6) is 0 Å². The fraction of sp³-hybridized carbons (Fsp3) is 0.500. The maximum Gasteiger partial charge on any atom is 0.0380 e. The molecule has 2 heteroatoms. The second-order valence-electron chi connectivity index (χ2n) is 1.27. The first kappa shape index (κ1) is 4.09. The SMILES string of the molecule is [CH]1CC[CH]NN1. The number of nitrogens with one attached hydrogen (secondary N) is 2. The zero-order valence-electron chi connectivity index (χ0n) is 3.57. The van der Waals surface area contributed by atoms with Crippen LogP contribution in [0.2, 0.25) is 0 Å². The van der Waals surface area contributed by atoms with E-state index in [4.69, 9.17) is 0 Å². The molecule has 0 aromatic heterocycles. The monoisotopic (exact) mass is 84.1 g/mol. The molecule has 1 aliphatic heterocycles. The molecule has 1 rings (SSSR count). The molecule has 0 aromatic carbocycles. The first-order chi connectivity index (χ1) is 3.00. The van der Waals surface area contributed by atoms with Crippen molar-refractivity contribution >= 4 is 0 Å². The lowest BCUT2D eigenvalue weighted by Crippen LogP contribution is -2.30. The summed E-state index contributed by atoms with van der Waals surface area (Å²) in [7, 11) is 0. The van der Waals surface area contributed by atoms with Gasteiger partial charge in [-0.25, -0.2) is 0 Å². The predicted octanol–water partition coefficient (Wildman–Crippen LogP) is 0.198. The van der Waals surface area contributed by atoms with Crippen molar-refractivity contribution in [2.24, 2.45) is 0 Å². The van der Waals surface area contributed by atoms with Gasteiger partial charge >= 0.3 is 0 Å².